The molecule has 1 fully saturated rings. The van der Waals surface area contributed by atoms with E-state index in [1.165, 1.54) is 65.5 Å². The Morgan fingerprint density at radius 3 is 0.953 bits per heavy atom. The standard InChI is InChI=1S/C36H44N4S2.C20H24N2O2S2.C8H12N.C4H9N.3ClH/c1-5-39-25-9-7-11-35(39)23-17-31-13-19-33(20-14-31)37(3)27-29-41-42-30-28-38(4)34-21-15-32(16-22-34)18-24-36-12-8-10-26-40(36)6-2;1-21(19-7-3-17(15-23)4-8-19)11-13-25-26-14-12-22(2)20-9-5-18(16-24)6-10-20;1-3-9-7-5-4-6-8(9)2;1-2-4-5-3-1;;;/h7-26H,5-6,27-30H2,1-4H3;3-10,15-16H,11-14H2,1-2H3;4-7H,3H2,1-2H3;5H,1-4H2;3*1H/q+2;;+1;;;;/p-3. The molecule has 10 nitrogen and oxygen atoms in total. The van der Waals surface area contributed by atoms with Crippen molar-refractivity contribution in [3.8, 4) is 0 Å². The summed E-state index contributed by atoms with van der Waals surface area (Å²) in [5.41, 5.74) is 12.4. The molecule has 1 aliphatic rings. The fraction of sp³-hybridized carbons (Fsp3) is 0.338. The number of pyridine rings is 3. The van der Waals surface area contributed by atoms with Crippen LogP contribution in [0.4, 0.5) is 22.7 Å². The van der Waals surface area contributed by atoms with Crippen LogP contribution in [-0.4, -0.2) is 103 Å². The molecule has 1 saturated heterocycles. The fourth-order valence-corrected chi connectivity index (χ4v) is 12.7. The van der Waals surface area contributed by atoms with Gasteiger partial charge in [-0.2, -0.15) is 9.13 Å². The SMILES string of the molecule is C1CCNC1.CC[n+]1ccccc1/C=C/c1ccc(N(C)CCSSCCN(C)c2ccc(/C=C/c3cccc[n+]3CC)cc2)cc1.CC[n+]1ccccc1C.CN(CCSSCCN(C)c1ccc(C=O)cc1)c1ccc(C=O)cc1.[Cl-].[Cl-].[Cl-]. The van der Waals surface area contributed by atoms with Gasteiger partial charge in [-0.1, -0.05) is 73.5 Å². The molecule has 0 saturated carbocycles. The fourth-order valence-electron chi connectivity index (χ4n) is 8.51. The van der Waals surface area contributed by atoms with Crippen LogP contribution in [0.2, 0.25) is 0 Å². The molecule has 0 atom stereocenters. The van der Waals surface area contributed by atoms with Crippen molar-refractivity contribution in [3.63, 3.8) is 0 Å². The quantitative estimate of drug-likeness (QED) is 0.0342. The topological polar surface area (TPSA) is 70.8 Å². The maximum absolute atomic E-state index is 10.7. The number of anilines is 4. The highest BCUT2D eigenvalue weighted by Gasteiger charge is 2.08. The van der Waals surface area contributed by atoms with Gasteiger partial charge in [0, 0.05) is 167 Å². The first-order chi connectivity index (χ1) is 40.0. The minimum atomic E-state index is 0. The lowest BCUT2D eigenvalue weighted by molar-refractivity contribution is -0.699. The Bertz CT molecular complexity index is 2780. The summed E-state index contributed by atoms with van der Waals surface area (Å²) in [5.74, 6) is 4.26. The number of aryl methyl sites for hydroxylation is 4. The van der Waals surface area contributed by atoms with Crippen LogP contribution < -0.4 is 75.8 Å². The molecule has 8 rings (SSSR count). The minimum absolute atomic E-state index is 0. The monoisotopic (exact) mass is 1280 g/mol. The summed E-state index contributed by atoms with van der Waals surface area (Å²) in [5, 5.41) is 3.22. The molecule has 458 valence electrons. The smallest absolute Gasteiger partial charge is 0.205 e. The van der Waals surface area contributed by atoms with Gasteiger partial charge in [-0.05, 0) is 155 Å². The molecule has 4 aromatic carbocycles. The van der Waals surface area contributed by atoms with E-state index in [0.29, 0.717) is 11.1 Å². The molecule has 0 unspecified atom stereocenters. The lowest BCUT2D eigenvalue weighted by Crippen LogP contribution is -3.00. The van der Waals surface area contributed by atoms with Crippen LogP contribution in [0.15, 0.2) is 170 Å². The number of carbonyl (C=O) groups excluding carboxylic acids is 2. The molecule has 17 heteroatoms. The van der Waals surface area contributed by atoms with Gasteiger partial charge >= 0.3 is 0 Å². The van der Waals surface area contributed by atoms with Gasteiger partial charge in [-0.3, -0.25) is 9.59 Å². The summed E-state index contributed by atoms with van der Waals surface area (Å²) >= 11 is 0. The number of nitrogens with zero attached hydrogens (tertiary/aromatic N) is 7. The van der Waals surface area contributed by atoms with Crippen LogP contribution in [-0.2, 0) is 19.6 Å². The number of hydrogen-bond donors (Lipinski definition) is 1. The van der Waals surface area contributed by atoms with Gasteiger partial charge in [0.1, 0.15) is 32.2 Å². The Kier molecular flexibility index (Phi) is 40.0. The highest BCUT2D eigenvalue weighted by Crippen LogP contribution is 2.25. The van der Waals surface area contributed by atoms with Crippen LogP contribution in [0.1, 0.15) is 82.5 Å². The lowest BCUT2D eigenvalue weighted by atomic mass is 10.1. The second-order valence-corrected chi connectivity index (χ2v) is 25.1. The van der Waals surface area contributed by atoms with Gasteiger partial charge in [0.15, 0.2) is 24.3 Å². The van der Waals surface area contributed by atoms with Crippen molar-refractivity contribution in [3.05, 3.63) is 210 Å². The maximum Gasteiger partial charge on any atom is 0.205 e. The largest absolute Gasteiger partial charge is 1.00 e. The number of aromatic nitrogens is 3. The van der Waals surface area contributed by atoms with Gasteiger partial charge in [0.25, 0.3) is 0 Å². The summed E-state index contributed by atoms with van der Waals surface area (Å²) < 4.78 is 6.70. The Hall–Kier alpha value is -5.42. The zero-order valence-electron chi connectivity index (χ0n) is 51.0. The van der Waals surface area contributed by atoms with Crippen LogP contribution >= 0.6 is 43.2 Å². The van der Waals surface area contributed by atoms with Gasteiger partial charge in [-0.15, -0.1) is 0 Å². The molecule has 0 bridgehead atoms. The van der Waals surface area contributed by atoms with Crippen molar-refractivity contribution in [2.75, 3.05) is 110 Å². The van der Waals surface area contributed by atoms with Gasteiger partial charge in [-0.25, -0.2) is 4.57 Å². The minimum Gasteiger partial charge on any atom is -1.00 e. The highest BCUT2D eigenvalue weighted by atomic mass is 35.5. The second-order valence-electron chi connectivity index (χ2n) is 19.7. The zero-order valence-corrected chi connectivity index (χ0v) is 56.5. The van der Waals surface area contributed by atoms with E-state index in [9.17, 15) is 9.59 Å². The Balaban J connectivity index is 0.000000483. The summed E-state index contributed by atoms with van der Waals surface area (Å²) in [6, 6.07) is 51.8. The summed E-state index contributed by atoms with van der Waals surface area (Å²) in [4.78, 5) is 30.5. The Morgan fingerprint density at radius 2 is 0.694 bits per heavy atom. The van der Waals surface area contributed by atoms with Crippen LogP contribution in [0.5, 0.6) is 0 Å². The predicted molar refractivity (Wildman–Crippen MR) is 361 cm³/mol. The van der Waals surface area contributed by atoms with E-state index < -0.39 is 0 Å². The molecule has 85 heavy (non-hydrogen) atoms. The van der Waals surface area contributed by atoms with Crippen molar-refractivity contribution in [1.82, 2.24) is 5.32 Å². The summed E-state index contributed by atoms with van der Waals surface area (Å²) in [7, 11) is 16.2. The number of nitrogens with one attached hydrogen (secondary N) is 1. The molecule has 4 heterocycles. The van der Waals surface area contributed by atoms with E-state index in [0.717, 1.165) is 92.8 Å². The normalized spacial score (nSPS) is 11.2. The van der Waals surface area contributed by atoms with Crippen LogP contribution in [0, 0.1) is 6.92 Å². The van der Waals surface area contributed by atoms with Crippen LogP contribution in [0.3, 0.4) is 0 Å². The number of aldehydes is 2. The Morgan fingerprint density at radius 1 is 0.400 bits per heavy atom. The Labute approximate surface area is 544 Å². The first-order valence-electron chi connectivity index (χ1n) is 28.7. The molecule has 0 amide bonds. The van der Waals surface area contributed by atoms with Gasteiger partial charge < -0.3 is 62.1 Å². The average molecular weight is 1290 g/mol. The van der Waals surface area contributed by atoms with Crippen molar-refractivity contribution in [1.29, 1.82) is 0 Å². The summed E-state index contributed by atoms with van der Waals surface area (Å²) in [6.07, 6.45) is 19.6. The van der Waals surface area contributed by atoms with Crippen molar-refractivity contribution in [2.24, 2.45) is 0 Å². The molecule has 0 spiro atoms. The third-order valence-corrected chi connectivity index (χ3v) is 18.5. The summed E-state index contributed by atoms with van der Waals surface area (Å²) in [6.45, 7) is 18.1. The first kappa shape index (κ1) is 75.7. The second kappa shape index (κ2) is 44.9. The molecular weight excluding hydrogens is 1200 g/mol. The van der Waals surface area contributed by atoms with Gasteiger partial charge in [0.05, 0.1) is 0 Å². The van der Waals surface area contributed by atoms with E-state index in [1.807, 2.05) is 91.7 Å². The average Bonchev–Trinajstić information content (AvgIpc) is 4.16. The molecule has 1 N–H and O–H groups in total. The number of carbonyl (C=O) groups is 2. The molecule has 1 aliphatic heterocycles. The first-order valence-corrected chi connectivity index (χ1v) is 33.7. The number of benzene rings is 4. The molecule has 0 aliphatic carbocycles. The van der Waals surface area contributed by atoms with E-state index in [-0.39, 0.29) is 37.2 Å². The van der Waals surface area contributed by atoms with E-state index in [1.54, 1.807) is 0 Å². The maximum atomic E-state index is 10.7. The molecular formula is C68H89Cl3N8O2S4. The van der Waals surface area contributed by atoms with Crippen LogP contribution in [0.25, 0.3) is 24.3 Å². The number of hydrogen-bond acceptors (Lipinski definition) is 11. The third kappa shape index (κ3) is 28.8. The molecule has 3 aromatic heterocycles. The lowest BCUT2D eigenvalue weighted by Gasteiger charge is -2.20. The number of rotatable bonds is 27. The third-order valence-electron chi connectivity index (χ3n) is 13.8. The highest BCUT2D eigenvalue weighted by molar-refractivity contribution is 8.77. The molecule has 7 aromatic rings. The number of halogens is 3. The molecule has 0 radical (unpaired) electrons. The predicted octanol–water partition coefficient (Wildman–Crippen LogP) is 4.55. The van der Waals surface area contributed by atoms with Gasteiger partial charge in [0.2, 0.25) is 11.4 Å². The zero-order chi connectivity index (χ0) is 58.6. The van der Waals surface area contributed by atoms with Crippen molar-refractivity contribution in [2.45, 2.75) is 60.2 Å². The van der Waals surface area contributed by atoms with Crippen molar-refractivity contribution >= 4 is 103 Å². The van der Waals surface area contributed by atoms with E-state index in [2.05, 4.69) is 241 Å². The van der Waals surface area contributed by atoms with Crippen molar-refractivity contribution < 1.29 is 60.5 Å². The van der Waals surface area contributed by atoms with E-state index in [4.69, 9.17) is 0 Å². The van der Waals surface area contributed by atoms with E-state index >= 15 is 0 Å².